The summed E-state index contributed by atoms with van der Waals surface area (Å²) in [7, 11) is -5.62. The number of methoxy groups -OCH3 is 1. The number of hydrogen-bond donors (Lipinski definition) is 2. The van der Waals surface area contributed by atoms with Crippen LogP contribution in [0.3, 0.4) is 0 Å². The second-order valence-electron chi connectivity index (χ2n) is 4.93. The van der Waals surface area contributed by atoms with E-state index >= 15 is 0 Å². The van der Waals surface area contributed by atoms with Gasteiger partial charge in [0.25, 0.3) is 15.7 Å². The van der Waals surface area contributed by atoms with Crippen molar-refractivity contribution >= 4 is 31.4 Å². The van der Waals surface area contributed by atoms with Gasteiger partial charge in [0, 0.05) is 0 Å². The van der Waals surface area contributed by atoms with E-state index in [9.17, 15) is 26.9 Å². The van der Waals surface area contributed by atoms with E-state index in [1.807, 2.05) is 0 Å². The van der Waals surface area contributed by atoms with Gasteiger partial charge in [-0.2, -0.15) is 0 Å². The third-order valence-corrected chi connectivity index (χ3v) is 6.16. The minimum Gasteiger partial charge on any atom is -0.497 e. The number of anilines is 1. The highest BCUT2D eigenvalue weighted by molar-refractivity contribution is 7.93. The summed E-state index contributed by atoms with van der Waals surface area (Å²) in [5.74, 6) is 0.123. The van der Waals surface area contributed by atoms with Crippen molar-refractivity contribution in [1.29, 1.82) is 0 Å². The van der Waals surface area contributed by atoms with Crippen LogP contribution < -0.4 is 14.2 Å². The molecule has 0 radical (unpaired) electrons. The molecule has 2 rings (SSSR count). The normalized spacial score (nSPS) is 11.8. The van der Waals surface area contributed by atoms with Gasteiger partial charge in [0.1, 0.15) is 5.75 Å². The van der Waals surface area contributed by atoms with Gasteiger partial charge in [-0.05, 0) is 37.4 Å². The fourth-order valence-corrected chi connectivity index (χ4v) is 4.03. The Labute approximate surface area is 150 Å². The summed E-state index contributed by atoms with van der Waals surface area (Å²) in [6.07, 6.45) is 0. The lowest BCUT2D eigenvalue weighted by Gasteiger charge is -2.10. The van der Waals surface area contributed by atoms with Gasteiger partial charge >= 0.3 is 0 Å². The number of sulfonamides is 2. The highest BCUT2D eigenvalue weighted by Gasteiger charge is 2.27. The molecule has 0 fully saturated rings. The Morgan fingerprint density at radius 3 is 2.31 bits per heavy atom. The molecule has 0 atom stereocenters. The summed E-state index contributed by atoms with van der Waals surface area (Å²) in [6.45, 7) is 0. The molecule has 0 bridgehead atoms. The number of rotatable bonds is 7. The van der Waals surface area contributed by atoms with Crippen molar-refractivity contribution < 1.29 is 26.5 Å². The van der Waals surface area contributed by atoms with Gasteiger partial charge in [-0.25, -0.2) is 21.6 Å². The second-order valence-corrected chi connectivity index (χ2v) is 8.47. The zero-order valence-electron chi connectivity index (χ0n) is 13.7. The summed E-state index contributed by atoms with van der Waals surface area (Å²) in [5, 5.41) is 11.2. The van der Waals surface area contributed by atoms with Crippen LogP contribution in [0.15, 0.2) is 52.3 Å². The maximum atomic E-state index is 12.5. The lowest BCUT2D eigenvalue weighted by atomic mass is 10.3. The summed E-state index contributed by atoms with van der Waals surface area (Å²) in [6, 6.07) is 8.32. The Balaban J connectivity index is 2.48. The van der Waals surface area contributed by atoms with Crippen molar-refractivity contribution in [1.82, 2.24) is 4.72 Å². The molecule has 0 aliphatic carbocycles. The van der Waals surface area contributed by atoms with E-state index in [0.29, 0.717) is 0 Å². The van der Waals surface area contributed by atoms with Gasteiger partial charge in [0.2, 0.25) is 10.0 Å². The molecule has 0 saturated carbocycles. The van der Waals surface area contributed by atoms with E-state index in [4.69, 9.17) is 4.74 Å². The van der Waals surface area contributed by atoms with Crippen molar-refractivity contribution in [2.75, 3.05) is 18.9 Å². The van der Waals surface area contributed by atoms with Crippen molar-refractivity contribution in [3.8, 4) is 5.75 Å². The smallest absolute Gasteiger partial charge is 0.293 e. The van der Waals surface area contributed by atoms with Crippen LogP contribution in [0.25, 0.3) is 0 Å². The molecule has 0 heterocycles. The molecule has 12 heteroatoms. The first-order valence-corrected chi connectivity index (χ1v) is 9.96. The lowest BCUT2D eigenvalue weighted by Crippen LogP contribution is -2.19. The SMILES string of the molecule is CNS(=O)(=O)c1cccc(NS(=O)(=O)c2ccc(OC)cc2[N+](=O)[O-])c1. The Morgan fingerprint density at radius 1 is 1.04 bits per heavy atom. The fourth-order valence-electron chi connectivity index (χ4n) is 2.05. The molecular formula is C14H15N3O7S2. The predicted molar refractivity (Wildman–Crippen MR) is 93.1 cm³/mol. The second kappa shape index (κ2) is 7.27. The number of hydrogen-bond acceptors (Lipinski definition) is 7. The van der Waals surface area contributed by atoms with E-state index in [1.165, 1.54) is 38.4 Å². The molecule has 0 spiro atoms. The van der Waals surface area contributed by atoms with Crippen LogP contribution in [-0.2, 0) is 20.0 Å². The standard InChI is InChI=1S/C14H15N3O7S2/c1-15-25(20,21)12-5-3-4-10(8-12)16-26(22,23)14-7-6-11(24-2)9-13(14)17(18)19/h3-9,15-16H,1-2H3. The monoisotopic (exact) mass is 401 g/mol. The summed E-state index contributed by atoms with van der Waals surface area (Å²) < 4.78 is 57.8. The van der Waals surface area contributed by atoms with Crippen LogP contribution in [-0.4, -0.2) is 35.9 Å². The minimum atomic E-state index is -4.35. The van der Waals surface area contributed by atoms with E-state index in [-0.39, 0.29) is 16.3 Å². The topological polar surface area (TPSA) is 145 Å². The van der Waals surface area contributed by atoms with Crippen LogP contribution in [0.1, 0.15) is 0 Å². The first-order chi connectivity index (χ1) is 12.1. The predicted octanol–water partition coefficient (Wildman–Crippen LogP) is 1.31. The zero-order chi connectivity index (χ0) is 19.5. The molecule has 0 amide bonds. The van der Waals surface area contributed by atoms with Gasteiger partial charge < -0.3 is 4.74 Å². The zero-order valence-corrected chi connectivity index (χ0v) is 15.3. The molecular weight excluding hydrogens is 386 g/mol. The molecule has 0 aliphatic rings. The Bertz CT molecular complexity index is 1050. The lowest BCUT2D eigenvalue weighted by molar-refractivity contribution is -0.387. The van der Waals surface area contributed by atoms with Crippen molar-refractivity contribution in [3.63, 3.8) is 0 Å². The third-order valence-electron chi connectivity index (χ3n) is 3.32. The van der Waals surface area contributed by atoms with Crippen LogP contribution in [0, 0.1) is 10.1 Å². The fraction of sp³-hybridized carbons (Fsp3) is 0.143. The minimum absolute atomic E-state index is 0.0635. The van der Waals surface area contributed by atoms with E-state index in [0.717, 1.165) is 18.2 Å². The van der Waals surface area contributed by atoms with E-state index in [2.05, 4.69) is 9.44 Å². The van der Waals surface area contributed by atoms with Crippen LogP contribution in [0.5, 0.6) is 5.75 Å². The molecule has 0 aliphatic heterocycles. The molecule has 2 aromatic carbocycles. The number of benzene rings is 2. The van der Waals surface area contributed by atoms with Gasteiger partial charge in [0.15, 0.2) is 4.90 Å². The van der Waals surface area contributed by atoms with E-state index in [1.54, 1.807) is 0 Å². The third kappa shape index (κ3) is 4.09. The van der Waals surface area contributed by atoms with E-state index < -0.39 is 35.6 Å². The number of nitro groups is 1. The number of nitrogens with zero attached hydrogens (tertiary/aromatic N) is 1. The average Bonchev–Trinajstić information content (AvgIpc) is 2.60. The highest BCUT2D eigenvalue weighted by Crippen LogP contribution is 2.30. The van der Waals surface area contributed by atoms with Gasteiger partial charge in [-0.1, -0.05) is 6.07 Å². The summed E-state index contributed by atoms with van der Waals surface area (Å²) in [5.41, 5.74) is -0.734. The summed E-state index contributed by atoms with van der Waals surface area (Å²) in [4.78, 5) is 9.59. The maximum absolute atomic E-state index is 12.5. The number of ether oxygens (including phenoxy) is 1. The quantitative estimate of drug-likeness (QED) is 0.525. The van der Waals surface area contributed by atoms with Crippen molar-refractivity contribution in [3.05, 3.63) is 52.6 Å². The molecule has 0 saturated heterocycles. The Morgan fingerprint density at radius 2 is 1.73 bits per heavy atom. The van der Waals surface area contributed by atoms with Crippen LogP contribution in [0.4, 0.5) is 11.4 Å². The maximum Gasteiger partial charge on any atom is 0.293 e. The van der Waals surface area contributed by atoms with Crippen molar-refractivity contribution in [2.24, 2.45) is 0 Å². The molecule has 10 nitrogen and oxygen atoms in total. The summed E-state index contributed by atoms with van der Waals surface area (Å²) >= 11 is 0. The molecule has 2 N–H and O–H groups in total. The molecule has 140 valence electrons. The van der Waals surface area contributed by atoms with Gasteiger partial charge in [-0.15, -0.1) is 0 Å². The first kappa shape index (κ1) is 19.6. The van der Waals surface area contributed by atoms with Crippen LogP contribution in [0.2, 0.25) is 0 Å². The molecule has 0 aromatic heterocycles. The van der Waals surface area contributed by atoms with Crippen LogP contribution >= 0.6 is 0 Å². The molecule has 0 unspecified atom stereocenters. The van der Waals surface area contributed by atoms with Crippen molar-refractivity contribution in [2.45, 2.75) is 9.79 Å². The number of nitrogens with one attached hydrogen (secondary N) is 2. The average molecular weight is 401 g/mol. The Hall–Kier alpha value is -2.70. The first-order valence-electron chi connectivity index (χ1n) is 6.99. The van der Waals surface area contributed by atoms with Gasteiger partial charge in [-0.3, -0.25) is 14.8 Å². The largest absolute Gasteiger partial charge is 0.497 e. The Kier molecular flexibility index (Phi) is 5.49. The van der Waals surface area contributed by atoms with Gasteiger partial charge in [0.05, 0.1) is 28.7 Å². The molecule has 2 aromatic rings. The number of nitro benzene ring substituents is 1. The molecule has 26 heavy (non-hydrogen) atoms. The highest BCUT2D eigenvalue weighted by atomic mass is 32.2.